The van der Waals surface area contributed by atoms with Crippen LogP contribution in [0.3, 0.4) is 0 Å². The zero-order valence-electron chi connectivity index (χ0n) is 10.7. The summed E-state index contributed by atoms with van der Waals surface area (Å²) in [4.78, 5) is 2.17. The number of nitrogens with zero attached hydrogens (tertiary/aromatic N) is 1. The van der Waals surface area contributed by atoms with Gasteiger partial charge in [0.2, 0.25) is 0 Å². The highest BCUT2D eigenvalue weighted by Gasteiger charge is 2.22. The first-order chi connectivity index (χ1) is 8.54. The van der Waals surface area contributed by atoms with Gasteiger partial charge in [-0.3, -0.25) is 4.90 Å². The molecule has 1 aromatic carbocycles. The highest BCUT2D eigenvalue weighted by atomic mass is 19.1. The molecule has 1 aliphatic rings. The Morgan fingerprint density at radius 2 is 1.67 bits per heavy atom. The molecule has 2 N–H and O–H groups in total. The minimum Gasteiger partial charge on any atom is -0.328 e. The Morgan fingerprint density at radius 1 is 1.11 bits per heavy atom. The van der Waals surface area contributed by atoms with E-state index in [1.807, 2.05) is 7.05 Å². The second kappa shape index (κ2) is 5.76. The van der Waals surface area contributed by atoms with Gasteiger partial charge in [0.05, 0.1) is 0 Å². The minimum atomic E-state index is -0.510. The summed E-state index contributed by atoms with van der Waals surface area (Å²) in [7, 11) is 2.00. The molecule has 1 saturated carbocycles. The molecule has 0 saturated heterocycles. The average molecular weight is 254 g/mol. The van der Waals surface area contributed by atoms with E-state index < -0.39 is 11.6 Å². The number of nitrogens with two attached hydrogens (primary N) is 1. The number of hydrogen-bond acceptors (Lipinski definition) is 2. The third-order valence-electron chi connectivity index (χ3n) is 3.72. The van der Waals surface area contributed by atoms with Crippen molar-refractivity contribution >= 4 is 0 Å². The van der Waals surface area contributed by atoms with E-state index in [2.05, 4.69) is 4.90 Å². The average Bonchev–Trinajstić information content (AvgIpc) is 2.28. The Kier molecular flexibility index (Phi) is 4.30. The van der Waals surface area contributed by atoms with Crippen molar-refractivity contribution in [3.05, 3.63) is 35.4 Å². The third-order valence-corrected chi connectivity index (χ3v) is 3.72. The number of rotatable bonds is 3. The van der Waals surface area contributed by atoms with Crippen molar-refractivity contribution < 1.29 is 8.78 Å². The van der Waals surface area contributed by atoms with Crippen LogP contribution in [0.2, 0.25) is 0 Å². The van der Waals surface area contributed by atoms with Crippen LogP contribution in [0, 0.1) is 11.6 Å². The summed E-state index contributed by atoms with van der Waals surface area (Å²) in [5.41, 5.74) is 6.56. The summed E-state index contributed by atoms with van der Waals surface area (Å²) in [5, 5.41) is 0. The van der Waals surface area contributed by atoms with Crippen molar-refractivity contribution in [1.29, 1.82) is 0 Å². The SMILES string of the molecule is CN(Cc1cc(F)cc(F)c1)C1CCC(N)CC1. The van der Waals surface area contributed by atoms with E-state index in [1.165, 1.54) is 12.1 Å². The zero-order valence-corrected chi connectivity index (χ0v) is 10.7. The van der Waals surface area contributed by atoms with Crippen LogP contribution in [0.1, 0.15) is 31.2 Å². The van der Waals surface area contributed by atoms with E-state index in [9.17, 15) is 8.78 Å². The van der Waals surface area contributed by atoms with Crippen molar-refractivity contribution in [3.63, 3.8) is 0 Å². The van der Waals surface area contributed by atoms with Crippen molar-refractivity contribution in [2.24, 2.45) is 5.73 Å². The molecule has 0 unspecified atom stereocenters. The summed E-state index contributed by atoms with van der Waals surface area (Å²) >= 11 is 0. The monoisotopic (exact) mass is 254 g/mol. The van der Waals surface area contributed by atoms with Crippen LogP contribution in [-0.4, -0.2) is 24.0 Å². The zero-order chi connectivity index (χ0) is 13.1. The van der Waals surface area contributed by atoms with E-state index in [-0.39, 0.29) is 0 Å². The van der Waals surface area contributed by atoms with Gasteiger partial charge >= 0.3 is 0 Å². The maximum Gasteiger partial charge on any atom is 0.126 e. The second-order valence-electron chi connectivity index (χ2n) is 5.26. The Bertz CT molecular complexity index is 381. The first-order valence-electron chi connectivity index (χ1n) is 6.45. The quantitative estimate of drug-likeness (QED) is 0.898. The smallest absolute Gasteiger partial charge is 0.126 e. The molecule has 1 aliphatic carbocycles. The van der Waals surface area contributed by atoms with E-state index in [1.54, 1.807) is 0 Å². The number of hydrogen-bond donors (Lipinski definition) is 1. The predicted molar refractivity (Wildman–Crippen MR) is 68.1 cm³/mol. The molecule has 0 atom stereocenters. The Labute approximate surface area is 107 Å². The van der Waals surface area contributed by atoms with Gasteiger partial charge in [0, 0.05) is 24.7 Å². The molecule has 0 aromatic heterocycles. The lowest BCUT2D eigenvalue weighted by Gasteiger charge is -2.33. The lowest BCUT2D eigenvalue weighted by molar-refractivity contribution is 0.176. The molecule has 0 radical (unpaired) electrons. The molecule has 0 spiro atoms. The summed E-state index contributed by atoms with van der Waals surface area (Å²) in [6.07, 6.45) is 4.20. The van der Waals surface area contributed by atoms with Crippen LogP contribution in [0.15, 0.2) is 18.2 Å². The molecule has 4 heteroatoms. The molecular formula is C14H20F2N2. The topological polar surface area (TPSA) is 29.3 Å². The molecule has 18 heavy (non-hydrogen) atoms. The Balaban J connectivity index is 1.96. The maximum absolute atomic E-state index is 13.1. The van der Waals surface area contributed by atoms with Crippen LogP contribution >= 0.6 is 0 Å². The van der Waals surface area contributed by atoms with Gasteiger partial charge in [-0.05, 0) is 50.4 Å². The first kappa shape index (κ1) is 13.4. The summed E-state index contributed by atoms with van der Waals surface area (Å²) in [6.45, 7) is 0.578. The number of halogens is 2. The predicted octanol–water partition coefficient (Wildman–Crippen LogP) is 2.67. The lowest BCUT2D eigenvalue weighted by atomic mass is 9.91. The standard InChI is InChI=1S/C14H20F2N2/c1-18(14-4-2-13(17)3-5-14)9-10-6-11(15)8-12(16)7-10/h6-8,13-14H,2-5,9,17H2,1H3. The van der Waals surface area contributed by atoms with Gasteiger partial charge in [-0.2, -0.15) is 0 Å². The molecular weight excluding hydrogens is 234 g/mol. The molecule has 1 fully saturated rings. The van der Waals surface area contributed by atoms with Crippen molar-refractivity contribution in [2.45, 2.75) is 44.3 Å². The van der Waals surface area contributed by atoms with Crippen molar-refractivity contribution in [3.8, 4) is 0 Å². The van der Waals surface area contributed by atoms with Crippen LogP contribution in [0.25, 0.3) is 0 Å². The van der Waals surface area contributed by atoms with Gasteiger partial charge < -0.3 is 5.73 Å². The van der Waals surface area contributed by atoms with Crippen molar-refractivity contribution in [2.75, 3.05) is 7.05 Å². The minimum absolute atomic E-state index is 0.321. The molecule has 1 aromatic rings. The lowest BCUT2D eigenvalue weighted by Crippen LogP contribution is -2.38. The Hall–Kier alpha value is -1.00. The summed E-state index contributed by atoms with van der Waals surface area (Å²) < 4.78 is 26.2. The molecule has 0 bridgehead atoms. The van der Waals surface area contributed by atoms with Crippen LogP contribution in [0.4, 0.5) is 8.78 Å². The first-order valence-corrected chi connectivity index (χ1v) is 6.45. The van der Waals surface area contributed by atoms with Gasteiger partial charge in [-0.25, -0.2) is 8.78 Å². The van der Waals surface area contributed by atoms with E-state index in [4.69, 9.17) is 5.73 Å². The third kappa shape index (κ3) is 3.50. The number of benzene rings is 1. The van der Waals surface area contributed by atoms with Gasteiger partial charge in [0.25, 0.3) is 0 Å². The fourth-order valence-electron chi connectivity index (χ4n) is 2.66. The summed E-state index contributed by atoms with van der Waals surface area (Å²) in [6, 6.07) is 4.49. The molecule has 2 nitrogen and oxygen atoms in total. The van der Waals surface area contributed by atoms with Gasteiger partial charge in [-0.15, -0.1) is 0 Å². The highest BCUT2D eigenvalue weighted by molar-refractivity contribution is 5.17. The highest BCUT2D eigenvalue weighted by Crippen LogP contribution is 2.22. The van der Waals surface area contributed by atoms with Gasteiger partial charge in [0.15, 0.2) is 0 Å². The van der Waals surface area contributed by atoms with E-state index in [0.29, 0.717) is 24.2 Å². The van der Waals surface area contributed by atoms with Gasteiger partial charge in [0.1, 0.15) is 11.6 Å². The second-order valence-corrected chi connectivity index (χ2v) is 5.26. The summed E-state index contributed by atoms with van der Waals surface area (Å²) in [5.74, 6) is -1.02. The van der Waals surface area contributed by atoms with E-state index in [0.717, 1.165) is 31.7 Å². The largest absolute Gasteiger partial charge is 0.328 e. The maximum atomic E-state index is 13.1. The Morgan fingerprint density at radius 3 is 2.22 bits per heavy atom. The molecule has 2 rings (SSSR count). The fourth-order valence-corrected chi connectivity index (χ4v) is 2.66. The normalized spacial score (nSPS) is 24.5. The molecule has 0 amide bonds. The van der Waals surface area contributed by atoms with Crippen LogP contribution in [0.5, 0.6) is 0 Å². The van der Waals surface area contributed by atoms with Crippen LogP contribution in [-0.2, 0) is 6.54 Å². The van der Waals surface area contributed by atoms with Gasteiger partial charge in [-0.1, -0.05) is 0 Å². The molecule has 0 heterocycles. The van der Waals surface area contributed by atoms with Crippen molar-refractivity contribution in [1.82, 2.24) is 4.90 Å². The van der Waals surface area contributed by atoms with Crippen LogP contribution < -0.4 is 5.73 Å². The molecule has 100 valence electrons. The fraction of sp³-hybridized carbons (Fsp3) is 0.571. The molecule has 0 aliphatic heterocycles. The van der Waals surface area contributed by atoms with E-state index >= 15 is 0 Å².